The third-order valence-corrected chi connectivity index (χ3v) is 8.19. The van der Waals surface area contributed by atoms with E-state index in [1.807, 2.05) is 105 Å². The highest BCUT2D eigenvalue weighted by molar-refractivity contribution is 5.96. The van der Waals surface area contributed by atoms with E-state index in [4.69, 9.17) is 24.3 Å². The van der Waals surface area contributed by atoms with E-state index >= 15 is 0 Å². The molecule has 1 amide bonds. The molecule has 0 saturated carbocycles. The lowest BCUT2D eigenvalue weighted by molar-refractivity contribution is 0.0517. The monoisotopic (exact) mass is 633 g/mol. The van der Waals surface area contributed by atoms with Gasteiger partial charge in [0.15, 0.2) is 0 Å². The highest BCUT2D eigenvalue weighted by Gasteiger charge is 2.24. The number of alkyl carbamates (subject to hydrolysis) is 1. The fraction of sp³-hybridized carbons (Fsp3) is 0.342. The smallest absolute Gasteiger partial charge is 0.407 e. The van der Waals surface area contributed by atoms with Gasteiger partial charge >= 0.3 is 6.09 Å². The number of anilines is 1. The number of hydrogen-bond donors (Lipinski definition) is 1. The maximum atomic E-state index is 12.2. The zero-order valence-corrected chi connectivity index (χ0v) is 27.6. The number of nitrogens with one attached hydrogen (secondary N) is 1. The van der Waals surface area contributed by atoms with Crippen LogP contribution in [0.5, 0.6) is 11.8 Å². The third-order valence-electron chi connectivity index (χ3n) is 8.19. The Bertz CT molecular complexity index is 1800. The normalized spacial score (nSPS) is 15.0. The first-order chi connectivity index (χ1) is 22.7. The van der Waals surface area contributed by atoms with Crippen molar-refractivity contribution in [2.75, 3.05) is 24.5 Å². The average molecular weight is 634 g/mol. The molecule has 244 valence electrons. The van der Waals surface area contributed by atoms with Crippen LogP contribution < -0.4 is 19.7 Å². The van der Waals surface area contributed by atoms with Gasteiger partial charge in [0, 0.05) is 43.8 Å². The van der Waals surface area contributed by atoms with Crippen LogP contribution in [0.2, 0.25) is 0 Å². The molecule has 0 radical (unpaired) electrons. The molecule has 9 nitrogen and oxygen atoms in total. The predicted octanol–water partition coefficient (Wildman–Crippen LogP) is 7.53. The van der Waals surface area contributed by atoms with Gasteiger partial charge in [-0.2, -0.15) is 10.1 Å². The second-order valence-corrected chi connectivity index (χ2v) is 13.1. The van der Waals surface area contributed by atoms with E-state index in [2.05, 4.69) is 28.4 Å². The Hall–Kier alpha value is -5.05. The molecular formula is C38H43N5O4. The molecule has 0 bridgehead atoms. The number of pyridine rings is 1. The van der Waals surface area contributed by atoms with Crippen molar-refractivity contribution in [3.05, 3.63) is 102 Å². The van der Waals surface area contributed by atoms with Crippen molar-refractivity contribution in [2.45, 2.75) is 52.4 Å². The molecule has 9 heteroatoms. The van der Waals surface area contributed by atoms with E-state index in [1.54, 1.807) is 0 Å². The summed E-state index contributed by atoms with van der Waals surface area (Å²) in [6.07, 6.45) is 1.76. The number of carbonyl (C=O) groups is 1. The Kier molecular flexibility index (Phi) is 9.61. The molecule has 1 atom stereocenters. The fourth-order valence-electron chi connectivity index (χ4n) is 5.90. The standard InChI is InChI=1S/C38H43N5O4/c1-38(2,3)47-37(44)39-23-29-16-11-21-43(24-29)30-17-18-31-33(22-30)42(4)41-35(31)32-19-20-34(45-25-27-12-7-5-8-13-27)40-36(32)46-26-28-14-9-6-10-15-28/h5-10,12-15,17-20,22,29H,11,16,21,23-26H2,1-4H3,(H,39,44)/t29-/m0/s1. The van der Waals surface area contributed by atoms with Crippen LogP contribution in [0.4, 0.5) is 10.5 Å². The van der Waals surface area contributed by atoms with Crippen molar-refractivity contribution in [1.29, 1.82) is 0 Å². The van der Waals surface area contributed by atoms with Crippen LogP contribution in [-0.2, 0) is 25.0 Å². The zero-order valence-electron chi connectivity index (χ0n) is 27.6. The Labute approximate surface area is 276 Å². The number of piperidine rings is 1. The summed E-state index contributed by atoms with van der Waals surface area (Å²) in [6, 6.07) is 30.4. The van der Waals surface area contributed by atoms with Gasteiger partial charge in [0.25, 0.3) is 0 Å². The summed E-state index contributed by atoms with van der Waals surface area (Å²) < 4.78 is 19.7. The lowest BCUT2D eigenvalue weighted by Crippen LogP contribution is -2.42. The Morgan fingerprint density at radius 3 is 2.32 bits per heavy atom. The Balaban J connectivity index is 1.23. The summed E-state index contributed by atoms with van der Waals surface area (Å²) >= 11 is 0. The maximum Gasteiger partial charge on any atom is 0.407 e. The molecule has 0 unspecified atom stereocenters. The topological polar surface area (TPSA) is 90.7 Å². The highest BCUT2D eigenvalue weighted by Crippen LogP contribution is 2.37. The molecule has 6 rings (SSSR count). The van der Waals surface area contributed by atoms with Crippen molar-refractivity contribution < 1.29 is 19.0 Å². The van der Waals surface area contributed by atoms with Gasteiger partial charge in [0.1, 0.15) is 24.5 Å². The molecule has 0 spiro atoms. The largest absolute Gasteiger partial charge is 0.473 e. The predicted molar refractivity (Wildman–Crippen MR) is 185 cm³/mol. The Morgan fingerprint density at radius 2 is 1.62 bits per heavy atom. The second-order valence-electron chi connectivity index (χ2n) is 13.1. The lowest BCUT2D eigenvalue weighted by atomic mass is 9.97. The first-order valence-corrected chi connectivity index (χ1v) is 16.3. The van der Waals surface area contributed by atoms with Crippen molar-refractivity contribution in [3.63, 3.8) is 0 Å². The van der Waals surface area contributed by atoms with Gasteiger partial charge in [-0.15, -0.1) is 0 Å². The molecule has 1 fully saturated rings. The van der Waals surface area contributed by atoms with Gasteiger partial charge in [-0.1, -0.05) is 60.7 Å². The minimum absolute atomic E-state index is 0.340. The molecule has 1 aliphatic rings. The third kappa shape index (κ3) is 8.22. The van der Waals surface area contributed by atoms with Gasteiger partial charge in [0.05, 0.1) is 11.1 Å². The van der Waals surface area contributed by atoms with Gasteiger partial charge in [-0.3, -0.25) is 4.68 Å². The van der Waals surface area contributed by atoms with Crippen molar-refractivity contribution >= 4 is 22.7 Å². The molecule has 5 aromatic rings. The number of aromatic nitrogens is 3. The number of rotatable bonds is 10. The number of benzene rings is 3. The summed E-state index contributed by atoms with van der Waals surface area (Å²) in [7, 11) is 1.97. The van der Waals surface area contributed by atoms with Gasteiger partial charge in [0.2, 0.25) is 11.8 Å². The molecule has 2 aromatic heterocycles. The number of amides is 1. The van der Waals surface area contributed by atoms with Crippen LogP contribution in [0.15, 0.2) is 91.0 Å². The highest BCUT2D eigenvalue weighted by atomic mass is 16.6. The second kappa shape index (κ2) is 14.2. The summed E-state index contributed by atoms with van der Waals surface area (Å²) in [4.78, 5) is 19.4. The van der Waals surface area contributed by atoms with Crippen LogP contribution in [0.25, 0.3) is 22.2 Å². The number of carbonyl (C=O) groups excluding carboxylic acids is 1. The van der Waals surface area contributed by atoms with E-state index < -0.39 is 5.60 Å². The molecule has 1 aliphatic heterocycles. The first-order valence-electron chi connectivity index (χ1n) is 16.3. The molecular weight excluding hydrogens is 590 g/mol. The van der Waals surface area contributed by atoms with Crippen LogP contribution in [0.1, 0.15) is 44.7 Å². The minimum atomic E-state index is -0.511. The van der Waals surface area contributed by atoms with Crippen molar-refractivity contribution in [3.8, 4) is 23.0 Å². The summed E-state index contributed by atoms with van der Waals surface area (Å²) in [5.41, 5.74) is 5.36. The Morgan fingerprint density at radius 1 is 0.915 bits per heavy atom. The van der Waals surface area contributed by atoms with E-state index in [1.165, 1.54) is 0 Å². The molecule has 3 aromatic carbocycles. The average Bonchev–Trinajstić information content (AvgIpc) is 3.41. The van der Waals surface area contributed by atoms with Gasteiger partial charge in [-0.05, 0) is 74.9 Å². The quantitative estimate of drug-likeness (QED) is 0.170. The molecule has 3 heterocycles. The number of nitrogens with zero attached hydrogens (tertiary/aromatic N) is 4. The van der Waals surface area contributed by atoms with Crippen molar-refractivity contribution in [1.82, 2.24) is 20.1 Å². The van der Waals surface area contributed by atoms with E-state index in [9.17, 15) is 4.79 Å². The van der Waals surface area contributed by atoms with E-state index in [-0.39, 0.29) is 6.09 Å². The molecule has 47 heavy (non-hydrogen) atoms. The van der Waals surface area contributed by atoms with Gasteiger partial charge < -0.3 is 24.4 Å². The van der Waals surface area contributed by atoms with E-state index in [0.717, 1.165) is 64.9 Å². The van der Waals surface area contributed by atoms with E-state index in [0.29, 0.717) is 37.4 Å². The molecule has 1 saturated heterocycles. The number of fused-ring (bicyclic) bond motifs is 1. The number of aryl methyl sites for hydroxylation is 1. The fourth-order valence-corrected chi connectivity index (χ4v) is 5.90. The SMILES string of the molecule is Cn1nc(-c2ccc(OCc3ccccc3)nc2OCc2ccccc2)c2ccc(N3CCC[C@@H](CNC(=O)OC(C)(C)C)C3)cc21. The lowest BCUT2D eigenvalue weighted by Gasteiger charge is -2.34. The van der Waals surface area contributed by atoms with Crippen molar-refractivity contribution in [2.24, 2.45) is 13.0 Å². The first kappa shape index (κ1) is 31.9. The summed E-state index contributed by atoms with van der Waals surface area (Å²) in [6.45, 7) is 8.82. The summed E-state index contributed by atoms with van der Waals surface area (Å²) in [5, 5.41) is 8.93. The summed E-state index contributed by atoms with van der Waals surface area (Å²) in [5.74, 6) is 1.30. The van der Waals surface area contributed by atoms with Crippen LogP contribution in [0, 0.1) is 5.92 Å². The molecule has 1 N–H and O–H groups in total. The maximum absolute atomic E-state index is 12.2. The van der Waals surface area contributed by atoms with Crippen LogP contribution >= 0.6 is 0 Å². The minimum Gasteiger partial charge on any atom is -0.473 e. The van der Waals surface area contributed by atoms with Crippen LogP contribution in [0.3, 0.4) is 0 Å². The zero-order chi connectivity index (χ0) is 32.8. The van der Waals surface area contributed by atoms with Crippen LogP contribution in [-0.4, -0.2) is 46.1 Å². The number of hydrogen-bond acceptors (Lipinski definition) is 7. The van der Waals surface area contributed by atoms with Gasteiger partial charge in [-0.25, -0.2) is 4.79 Å². The molecule has 0 aliphatic carbocycles. The number of ether oxygens (including phenoxy) is 3.